The smallest absolute Gasteiger partial charge is 0.316 e. The van der Waals surface area contributed by atoms with Crippen molar-refractivity contribution in [2.24, 2.45) is 23.2 Å². The first-order chi connectivity index (χ1) is 22.9. The molecule has 2 N–H and O–H groups in total. The number of esters is 2. The molecule has 3 aliphatic carbocycles. The number of alkyl halides is 1. The maximum Gasteiger partial charge on any atom is 0.316 e. The largest absolute Gasteiger partial charge is 0.461 e. The molecule has 2 heterocycles. The van der Waals surface area contributed by atoms with Crippen molar-refractivity contribution < 1.29 is 23.9 Å². The van der Waals surface area contributed by atoms with E-state index in [0.29, 0.717) is 34.8 Å². The van der Waals surface area contributed by atoms with Crippen molar-refractivity contribution in [1.29, 1.82) is 0 Å². The molecule has 2 unspecified atom stereocenters. The fourth-order valence-electron chi connectivity index (χ4n) is 9.63. The molecule has 3 saturated carbocycles. The number of hydrogen-bond donors (Lipinski definition) is 2. The van der Waals surface area contributed by atoms with Gasteiger partial charge in [0.05, 0.1) is 12.1 Å². The Morgan fingerprint density at radius 1 is 1.12 bits per heavy atom. The molecule has 5 fully saturated rings. The summed E-state index contributed by atoms with van der Waals surface area (Å²) in [7, 11) is 0. The molecule has 2 saturated heterocycles. The number of halogens is 1. The molecule has 2 amide bonds. The SMILES string of the molecule is C=C1CC[C@H](OC(=O)CBr)C/C1=C/C=C1\CCCC2(C)C1CC[C@@H]2[C@@H](C)CCCC(C)(C)OC(=O)CCCC[C@@H]1SC[C@@H]2NC(=O)N[C@@H]21. The minimum Gasteiger partial charge on any atom is -0.461 e. The van der Waals surface area contributed by atoms with Gasteiger partial charge in [0.25, 0.3) is 0 Å². The molecule has 48 heavy (non-hydrogen) atoms. The molecule has 7 nitrogen and oxygen atoms in total. The predicted molar refractivity (Wildman–Crippen MR) is 198 cm³/mol. The molecular formula is C39H59BrN2O5S. The van der Waals surface area contributed by atoms with Gasteiger partial charge in [0.2, 0.25) is 0 Å². The van der Waals surface area contributed by atoms with Crippen LogP contribution in [0.2, 0.25) is 0 Å². The van der Waals surface area contributed by atoms with E-state index in [1.165, 1.54) is 43.3 Å². The summed E-state index contributed by atoms with van der Waals surface area (Å²) < 4.78 is 11.6. The van der Waals surface area contributed by atoms with Gasteiger partial charge in [-0.05, 0) is 113 Å². The second kappa shape index (κ2) is 16.5. The van der Waals surface area contributed by atoms with E-state index in [2.05, 4.69) is 73.0 Å². The molecule has 0 radical (unpaired) electrons. The standard InChI is InChI=1S/C39H59BrN2O5S/c1-25-14-17-29(46-35(44)23-40)22-28(25)16-15-27-11-9-21-39(5)30(18-19-31(27)39)26(2)10-8-20-38(3,4)47-34(43)13-7-6-12-33-36-32(24-48-33)41-37(45)42-36/h15-16,26,29-33,36H,1,6-14,17-24H2,2-5H3,(H2,41,42,45)/b27-15+,28-16-/t26-,29-,30+,31?,32-,33-,36-,39?/m0/s1. The van der Waals surface area contributed by atoms with E-state index < -0.39 is 5.60 Å². The lowest BCUT2D eigenvalue weighted by Crippen LogP contribution is -2.36. The third kappa shape index (κ3) is 9.32. The Labute approximate surface area is 301 Å². The molecule has 2 aliphatic heterocycles. The molecule has 0 aromatic heterocycles. The Bertz CT molecular complexity index is 1260. The monoisotopic (exact) mass is 746 g/mol. The average Bonchev–Trinajstić information content (AvgIpc) is 3.70. The fourth-order valence-corrected chi connectivity index (χ4v) is 11.3. The molecule has 8 atom stereocenters. The normalized spacial score (nSPS) is 34.0. The number of fused-ring (bicyclic) bond motifs is 2. The lowest BCUT2D eigenvalue weighted by atomic mass is 9.60. The summed E-state index contributed by atoms with van der Waals surface area (Å²) in [6.07, 6.45) is 19.8. The van der Waals surface area contributed by atoms with Crippen molar-refractivity contribution in [3.05, 3.63) is 35.5 Å². The van der Waals surface area contributed by atoms with Crippen LogP contribution in [0.25, 0.3) is 0 Å². The molecular weight excluding hydrogens is 688 g/mol. The van der Waals surface area contributed by atoms with Crippen molar-refractivity contribution in [1.82, 2.24) is 10.6 Å². The highest BCUT2D eigenvalue weighted by Crippen LogP contribution is 2.60. The van der Waals surface area contributed by atoms with Crippen LogP contribution in [-0.2, 0) is 19.1 Å². The first kappa shape index (κ1) is 37.5. The topological polar surface area (TPSA) is 93.7 Å². The number of thioether (sulfide) groups is 1. The molecule has 0 aromatic carbocycles. The van der Waals surface area contributed by atoms with Crippen LogP contribution >= 0.6 is 27.7 Å². The van der Waals surface area contributed by atoms with Crippen molar-refractivity contribution in [3.63, 3.8) is 0 Å². The highest BCUT2D eigenvalue weighted by Gasteiger charge is 2.50. The lowest BCUT2D eigenvalue weighted by molar-refractivity contribution is -0.157. The zero-order valence-electron chi connectivity index (χ0n) is 29.8. The van der Waals surface area contributed by atoms with E-state index in [9.17, 15) is 14.4 Å². The van der Waals surface area contributed by atoms with Crippen LogP contribution in [0.4, 0.5) is 4.79 Å². The summed E-state index contributed by atoms with van der Waals surface area (Å²) in [5.41, 5.74) is 3.90. The van der Waals surface area contributed by atoms with Crippen LogP contribution in [0.3, 0.4) is 0 Å². The molecule has 9 heteroatoms. The summed E-state index contributed by atoms with van der Waals surface area (Å²) >= 11 is 5.13. The van der Waals surface area contributed by atoms with Crippen molar-refractivity contribution in [3.8, 4) is 0 Å². The molecule has 0 aromatic rings. The van der Waals surface area contributed by atoms with Crippen LogP contribution in [0.1, 0.15) is 124 Å². The summed E-state index contributed by atoms with van der Waals surface area (Å²) in [5.74, 6) is 2.68. The minimum atomic E-state index is -0.448. The second-order valence-corrected chi connectivity index (χ2v) is 17.9. The number of urea groups is 1. The lowest BCUT2D eigenvalue weighted by Gasteiger charge is -2.44. The van der Waals surface area contributed by atoms with Gasteiger partial charge in [-0.3, -0.25) is 9.59 Å². The van der Waals surface area contributed by atoms with Gasteiger partial charge in [-0.1, -0.05) is 72.5 Å². The number of amides is 2. The average molecular weight is 748 g/mol. The number of hydrogen-bond acceptors (Lipinski definition) is 6. The van der Waals surface area contributed by atoms with Gasteiger partial charge in [0.1, 0.15) is 17.0 Å². The van der Waals surface area contributed by atoms with Gasteiger partial charge in [0.15, 0.2) is 0 Å². The number of ether oxygens (including phenoxy) is 2. The Kier molecular flexibility index (Phi) is 12.9. The van der Waals surface area contributed by atoms with Crippen LogP contribution in [0, 0.1) is 23.2 Å². The Hall–Kier alpha value is -1.74. The number of allylic oxidation sites excluding steroid dienone is 4. The van der Waals surface area contributed by atoms with Gasteiger partial charge in [0, 0.05) is 23.8 Å². The first-order valence-electron chi connectivity index (χ1n) is 18.6. The zero-order valence-corrected chi connectivity index (χ0v) is 32.2. The van der Waals surface area contributed by atoms with Crippen molar-refractivity contribution in [2.45, 2.75) is 153 Å². The van der Waals surface area contributed by atoms with E-state index in [0.717, 1.165) is 63.5 Å². The highest BCUT2D eigenvalue weighted by atomic mass is 79.9. The van der Waals surface area contributed by atoms with Crippen LogP contribution in [0.5, 0.6) is 0 Å². The summed E-state index contributed by atoms with van der Waals surface area (Å²) in [5, 5.41) is 6.72. The number of carbonyl (C=O) groups is 3. The Morgan fingerprint density at radius 3 is 2.73 bits per heavy atom. The maximum atomic E-state index is 12.7. The van der Waals surface area contributed by atoms with Crippen molar-refractivity contribution >= 4 is 45.7 Å². The number of carbonyl (C=O) groups excluding carboxylic acids is 3. The van der Waals surface area contributed by atoms with E-state index in [4.69, 9.17) is 9.47 Å². The quantitative estimate of drug-likeness (QED) is 0.0798. The van der Waals surface area contributed by atoms with E-state index >= 15 is 0 Å². The number of unbranched alkanes of at least 4 members (excludes halogenated alkanes) is 1. The minimum absolute atomic E-state index is 0.0457. The highest BCUT2D eigenvalue weighted by molar-refractivity contribution is 9.09. The molecule has 5 aliphatic rings. The maximum absolute atomic E-state index is 12.7. The third-order valence-electron chi connectivity index (χ3n) is 12.2. The molecule has 0 spiro atoms. The fraction of sp³-hybridized carbons (Fsp3) is 0.769. The van der Waals surface area contributed by atoms with Gasteiger partial charge in [-0.2, -0.15) is 11.8 Å². The van der Waals surface area contributed by atoms with E-state index in [1.807, 2.05) is 11.8 Å². The second-order valence-electron chi connectivity index (χ2n) is 16.1. The van der Waals surface area contributed by atoms with E-state index in [1.54, 1.807) is 5.57 Å². The van der Waals surface area contributed by atoms with Crippen LogP contribution in [0.15, 0.2) is 35.5 Å². The first-order valence-corrected chi connectivity index (χ1v) is 20.8. The van der Waals surface area contributed by atoms with E-state index in [-0.39, 0.29) is 41.5 Å². The molecule has 5 rings (SSSR count). The molecule has 268 valence electrons. The number of nitrogens with one attached hydrogen (secondary N) is 2. The number of rotatable bonds is 14. The summed E-state index contributed by atoms with van der Waals surface area (Å²) in [6.45, 7) is 13.5. The van der Waals surface area contributed by atoms with Crippen LogP contribution < -0.4 is 10.6 Å². The van der Waals surface area contributed by atoms with Gasteiger partial charge < -0.3 is 20.1 Å². The van der Waals surface area contributed by atoms with Gasteiger partial charge in [-0.15, -0.1) is 0 Å². The van der Waals surface area contributed by atoms with Crippen LogP contribution in [-0.4, -0.2) is 58.1 Å². The van der Waals surface area contributed by atoms with Gasteiger partial charge in [-0.25, -0.2) is 4.79 Å². The third-order valence-corrected chi connectivity index (χ3v) is 14.2. The Morgan fingerprint density at radius 2 is 1.94 bits per heavy atom. The zero-order chi connectivity index (χ0) is 34.5. The Balaban J connectivity index is 1.05. The summed E-state index contributed by atoms with van der Waals surface area (Å²) in [4.78, 5) is 36.2. The van der Waals surface area contributed by atoms with Gasteiger partial charge >= 0.3 is 18.0 Å². The van der Waals surface area contributed by atoms with Crippen molar-refractivity contribution in [2.75, 3.05) is 11.1 Å². The predicted octanol–water partition coefficient (Wildman–Crippen LogP) is 8.96. The summed E-state index contributed by atoms with van der Waals surface area (Å²) in [6, 6.07) is 0.429. The molecule has 0 bridgehead atoms.